The Morgan fingerprint density at radius 3 is 3.00 bits per heavy atom. The van der Waals surface area contributed by atoms with Crippen LogP contribution in [-0.4, -0.2) is 6.54 Å². The van der Waals surface area contributed by atoms with Gasteiger partial charge in [-0.25, -0.2) is 0 Å². The van der Waals surface area contributed by atoms with Gasteiger partial charge in [-0.15, -0.1) is 11.3 Å². The molecular weight excluding hydrogens is 154 g/mol. The standard InChI is InChI=1S/C9H13NS/c1-7-4-5-9(11-7)8-3-2-6-10-8/h4-5,8,10H,2-3,6H2,1H3/t8-/m1/s1. The molecule has 1 atom stereocenters. The number of aryl methyl sites for hydroxylation is 1. The van der Waals surface area contributed by atoms with Crippen LogP contribution in [0.4, 0.5) is 0 Å². The second-order valence-corrected chi connectivity index (χ2v) is 4.42. The molecule has 1 aliphatic heterocycles. The Morgan fingerprint density at radius 1 is 1.55 bits per heavy atom. The average molecular weight is 167 g/mol. The molecule has 2 heterocycles. The molecule has 1 aromatic rings. The summed E-state index contributed by atoms with van der Waals surface area (Å²) >= 11 is 1.92. The summed E-state index contributed by atoms with van der Waals surface area (Å²) in [4.78, 5) is 2.94. The van der Waals surface area contributed by atoms with Crippen LogP contribution in [0.1, 0.15) is 28.6 Å². The quantitative estimate of drug-likeness (QED) is 0.677. The van der Waals surface area contributed by atoms with Crippen LogP contribution in [0.2, 0.25) is 0 Å². The Balaban J connectivity index is 2.15. The maximum atomic E-state index is 3.50. The Morgan fingerprint density at radius 2 is 2.45 bits per heavy atom. The zero-order chi connectivity index (χ0) is 7.68. The summed E-state index contributed by atoms with van der Waals surface area (Å²) in [6, 6.07) is 5.12. The summed E-state index contributed by atoms with van der Waals surface area (Å²) in [6.07, 6.45) is 2.65. The predicted molar refractivity (Wildman–Crippen MR) is 49.0 cm³/mol. The van der Waals surface area contributed by atoms with Crippen molar-refractivity contribution in [1.29, 1.82) is 0 Å². The van der Waals surface area contributed by atoms with Gasteiger partial charge in [-0.2, -0.15) is 0 Å². The Bertz CT molecular complexity index is 235. The van der Waals surface area contributed by atoms with Crippen molar-refractivity contribution in [2.45, 2.75) is 25.8 Å². The number of thiophene rings is 1. The molecule has 0 spiro atoms. The highest BCUT2D eigenvalue weighted by molar-refractivity contribution is 7.12. The molecule has 0 radical (unpaired) electrons. The van der Waals surface area contributed by atoms with Crippen molar-refractivity contribution >= 4 is 11.3 Å². The van der Waals surface area contributed by atoms with Gasteiger partial charge in [-0.05, 0) is 38.4 Å². The van der Waals surface area contributed by atoms with Gasteiger partial charge in [0.2, 0.25) is 0 Å². The van der Waals surface area contributed by atoms with Crippen molar-refractivity contribution in [2.75, 3.05) is 6.54 Å². The first kappa shape index (κ1) is 7.32. The van der Waals surface area contributed by atoms with E-state index in [0.717, 1.165) is 0 Å². The van der Waals surface area contributed by atoms with E-state index in [1.165, 1.54) is 29.1 Å². The van der Waals surface area contributed by atoms with Crippen LogP contribution in [-0.2, 0) is 0 Å². The van der Waals surface area contributed by atoms with Crippen molar-refractivity contribution in [3.8, 4) is 0 Å². The highest BCUT2D eigenvalue weighted by Crippen LogP contribution is 2.28. The topological polar surface area (TPSA) is 12.0 Å². The minimum absolute atomic E-state index is 0.661. The molecule has 0 amide bonds. The molecule has 0 saturated carbocycles. The largest absolute Gasteiger partial charge is 0.309 e. The summed E-state index contributed by atoms with van der Waals surface area (Å²) in [5.74, 6) is 0. The fourth-order valence-electron chi connectivity index (χ4n) is 1.57. The lowest BCUT2D eigenvalue weighted by Crippen LogP contribution is -2.11. The van der Waals surface area contributed by atoms with Crippen LogP contribution in [0.25, 0.3) is 0 Å². The van der Waals surface area contributed by atoms with E-state index in [4.69, 9.17) is 0 Å². The van der Waals surface area contributed by atoms with Gasteiger partial charge in [-0.3, -0.25) is 0 Å². The first-order valence-corrected chi connectivity index (χ1v) is 4.97. The second-order valence-electron chi connectivity index (χ2n) is 3.10. The molecule has 0 bridgehead atoms. The third kappa shape index (κ3) is 1.47. The maximum Gasteiger partial charge on any atom is 0.0415 e. The Kier molecular flexibility index (Phi) is 1.96. The first-order chi connectivity index (χ1) is 5.36. The Labute approximate surface area is 71.4 Å². The van der Waals surface area contributed by atoms with E-state index in [1.807, 2.05) is 11.3 Å². The molecule has 11 heavy (non-hydrogen) atoms. The Hall–Kier alpha value is -0.340. The molecule has 1 N–H and O–H groups in total. The van der Waals surface area contributed by atoms with Crippen LogP contribution in [0.5, 0.6) is 0 Å². The van der Waals surface area contributed by atoms with Gasteiger partial charge < -0.3 is 5.32 Å². The molecule has 0 aromatic carbocycles. The van der Waals surface area contributed by atoms with E-state index in [9.17, 15) is 0 Å². The fourth-order valence-corrected chi connectivity index (χ4v) is 2.56. The van der Waals surface area contributed by atoms with Crippen LogP contribution in [0.15, 0.2) is 12.1 Å². The van der Waals surface area contributed by atoms with Gasteiger partial charge in [0.15, 0.2) is 0 Å². The fraction of sp³-hybridized carbons (Fsp3) is 0.556. The maximum absolute atomic E-state index is 3.50. The lowest BCUT2D eigenvalue weighted by atomic mass is 10.2. The zero-order valence-electron chi connectivity index (χ0n) is 6.76. The number of hydrogen-bond acceptors (Lipinski definition) is 2. The van der Waals surface area contributed by atoms with E-state index < -0.39 is 0 Å². The van der Waals surface area contributed by atoms with E-state index >= 15 is 0 Å². The lowest BCUT2D eigenvalue weighted by molar-refractivity contribution is 0.660. The number of nitrogens with one attached hydrogen (secondary N) is 1. The highest BCUT2D eigenvalue weighted by atomic mass is 32.1. The molecule has 2 heteroatoms. The molecular formula is C9H13NS. The molecule has 0 unspecified atom stereocenters. The highest BCUT2D eigenvalue weighted by Gasteiger charge is 2.16. The predicted octanol–water partition coefficient (Wildman–Crippen LogP) is 2.48. The third-order valence-corrected chi connectivity index (χ3v) is 3.28. The molecule has 1 aliphatic rings. The summed E-state index contributed by atoms with van der Waals surface area (Å²) < 4.78 is 0. The summed E-state index contributed by atoms with van der Waals surface area (Å²) in [6.45, 7) is 3.37. The molecule has 1 fully saturated rings. The van der Waals surface area contributed by atoms with Gasteiger partial charge >= 0.3 is 0 Å². The van der Waals surface area contributed by atoms with Gasteiger partial charge in [0.25, 0.3) is 0 Å². The number of rotatable bonds is 1. The summed E-state index contributed by atoms with van der Waals surface area (Å²) in [7, 11) is 0. The second kappa shape index (κ2) is 2.95. The minimum Gasteiger partial charge on any atom is -0.309 e. The molecule has 0 aliphatic carbocycles. The van der Waals surface area contributed by atoms with Crippen LogP contribution in [0, 0.1) is 6.92 Å². The van der Waals surface area contributed by atoms with E-state index in [2.05, 4.69) is 24.4 Å². The van der Waals surface area contributed by atoms with Crippen molar-refractivity contribution in [1.82, 2.24) is 5.32 Å². The molecule has 1 saturated heterocycles. The minimum atomic E-state index is 0.661. The van der Waals surface area contributed by atoms with E-state index in [-0.39, 0.29) is 0 Å². The van der Waals surface area contributed by atoms with Crippen molar-refractivity contribution < 1.29 is 0 Å². The van der Waals surface area contributed by atoms with Crippen molar-refractivity contribution in [2.24, 2.45) is 0 Å². The summed E-state index contributed by atoms with van der Waals surface area (Å²) in [5.41, 5.74) is 0. The van der Waals surface area contributed by atoms with Crippen LogP contribution in [0.3, 0.4) is 0 Å². The smallest absolute Gasteiger partial charge is 0.0415 e. The summed E-state index contributed by atoms with van der Waals surface area (Å²) in [5, 5.41) is 3.50. The van der Waals surface area contributed by atoms with E-state index in [1.54, 1.807) is 0 Å². The van der Waals surface area contributed by atoms with Crippen molar-refractivity contribution in [3.05, 3.63) is 21.9 Å². The van der Waals surface area contributed by atoms with Gasteiger partial charge in [0.05, 0.1) is 0 Å². The van der Waals surface area contributed by atoms with E-state index in [0.29, 0.717) is 6.04 Å². The molecule has 1 aromatic heterocycles. The zero-order valence-corrected chi connectivity index (χ0v) is 7.58. The van der Waals surface area contributed by atoms with Gasteiger partial charge in [0.1, 0.15) is 0 Å². The average Bonchev–Trinajstić information content (AvgIpc) is 2.55. The third-order valence-electron chi connectivity index (χ3n) is 2.16. The molecule has 1 nitrogen and oxygen atoms in total. The lowest BCUT2D eigenvalue weighted by Gasteiger charge is -2.05. The van der Waals surface area contributed by atoms with Gasteiger partial charge in [0, 0.05) is 15.8 Å². The van der Waals surface area contributed by atoms with Crippen LogP contribution >= 0.6 is 11.3 Å². The normalized spacial score (nSPS) is 24.3. The number of hydrogen-bond donors (Lipinski definition) is 1. The SMILES string of the molecule is Cc1ccc([C@H]2CCCN2)s1. The first-order valence-electron chi connectivity index (χ1n) is 4.16. The molecule has 60 valence electrons. The molecule has 2 rings (SSSR count). The van der Waals surface area contributed by atoms with Crippen LogP contribution < -0.4 is 5.32 Å². The van der Waals surface area contributed by atoms with Crippen molar-refractivity contribution in [3.63, 3.8) is 0 Å². The van der Waals surface area contributed by atoms with Gasteiger partial charge in [-0.1, -0.05) is 0 Å². The monoisotopic (exact) mass is 167 g/mol.